The monoisotopic (exact) mass is 536 g/mol. The number of methoxy groups -OCH3 is 5. The molecule has 4 rings (SSSR count). The minimum Gasteiger partial charge on any atom is -0.497 e. The van der Waals surface area contributed by atoms with E-state index in [-0.39, 0.29) is 12.5 Å². The normalized spacial score (nSPS) is 10.9. The van der Waals surface area contributed by atoms with Crippen molar-refractivity contribution >= 4 is 44.7 Å². The largest absolute Gasteiger partial charge is 0.497 e. The summed E-state index contributed by atoms with van der Waals surface area (Å²) in [6.45, 7) is -0.213. The van der Waals surface area contributed by atoms with Crippen LogP contribution in [-0.2, 0) is 4.79 Å². The van der Waals surface area contributed by atoms with Crippen molar-refractivity contribution in [1.29, 1.82) is 0 Å². The van der Waals surface area contributed by atoms with Crippen molar-refractivity contribution in [3.05, 3.63) is 59.7 Å². The molecule has 1 aromatic heterocycles. The third kappa shape index (κ3) is 6.09. The summed E-state index contributed by atoms with van der Waals surface area (Å²) in [5.74, 6) is 2.95. The van der Waals surface area contributed by atoms with Crippen molar-refractivity contribution in [2.24, 2.45) is 0 Å². The fourth-order valence-electron chi connectivity index (χ4n) is 3.69. The summed E-state index contributed by atoms with van der Waals surface area (Å²) in [6, 6.07) is 14.7. The Morgan fingerprint density at radius 3 is 2.13 bits per heavy atom. The van der Waals surface area contributed by atoms with Crippen LogP contribution >= 0.6 is 11.3 Å². The molecule has 0 bridgehead atoms. The molecular formula is C28H28N2O7S. The number of amides is 1. The van der Waals surface area contributed by atoms with Crippen LogP contribution in [0.4, 0.5) is 5.13 Å². The number of hydrogen-bond acceptors (Lipinski definition) is 9. The summed E-state index contributed by atoms with van der Waals surface area (Å²) in [6.07, 6.45) is 3.81. The molecular weight excluding hydrogens is 508 g/mol. The first kappa shape index (κ1) is 26.6. The van der Waals surface area contributed by atoms with Crippen LogP contribution in [0.15, 0.2) is 48.5 Å². The maximum atomic E-state index is 12.6. The number of anilines is 1. The van der Waals surface area contributed by atoms with E-state index in [0.717, 1.165) is 21.3 Å². The van der Waals surface area contributed by atoms with Gasteiger partial charge in [-0.2, -0.15) is 0 Å². The zero-order chi connectivity index (χ0) is 27.1. The fourth-order valence-corrected chi connectivity index (χ4v) is 4.55. The van der Waals surface area contributed by atoms with Crippen molar-refractivity contribution in [2.75, 3.05) is 47.5 Å². The molecule has 3 aromatic carbocycles. The Morgan fingerprint density at radius 2 is 1.47 bits per heavy atom. The Kier molecular flexibility index (Phi) is 8.55. The minimum absolute atomic E-state index is 0.213. The van der Waals surface area contributed by atoms with Gasteiger partial charge in [0.2, 0.25) is 5.75 Å². The average molecular weight is 537 g/mol. The molecule has 198 valence electrons. The molecule has 0 aliphatic carbocycles. The van der Waals surface area contributed by atoms with Crippen LogP contribution in [0.5, 0.6) is 34.5 Å². The van der Waals surface area contributed by atoms with E-state index in [0.29, 0.717) is 39.6 Å². The summed E-state index contributed by atoms with van der Waals surface area (Å²) in [5.41, 5.74) is 2.44. The second kappa shape index (κ2) is 12.2. The molecule has 0 aliphatic heterocycles. The van der Waals surface area contributed by atoms with Gasteiger partial charge in [-0.25, -0.2) is 4.98 Å². The lowest BCUT2D eigenvalue weighted by Crippen LogP contribution is -2.20. The molecule has 0 radical (unpaired) electrons. The van der Waals surface area contributed by atoms with Gasteiger partial charge in [-0.05, 0) is 47.5 Å². The number of rotatable bonds is 11. The van der Waals surface area contributed by atoms with Crippen LogP contribution in [0.1, 0.15) is 11.1 Å². The van der Waals surface area contributed by atoms with Gasteiger partial charge in [-0.15, -0.1) is 0 Å². The fraction of sp³-hybridized carbons (Fsp3) is 0.214. The van der Waals surface area contributed by atoms with Gasteiger partial charge in [0, 0.05) is 6.07 Å². The molecule has 0 fully saturated rings. The summed E-state index contributed by atoms with van der Waals surface area (Å²) in [4.78, 5) is 17.0. The van der Waals surface area contributed by atoms with E-state index in [1.54, 1.807) is 47.7 Å². The van der Waals surface area contributed by atoms with Crippen LogP contribution in [0.2, 0.25) is 0 Å². The Bertz CT molecular complexity index is 1440. The molecule has 0 spiro atoms. The lowest BCUT2D eigenvalue weighted by molar-refractivity contribution is -0.118. The first-order valence-corrected chi connectivity index (χ1v) is 12.3. The van der Waals surface area contributed by atoms with Gasteiger partial charge in [-0.3, -0.25) is 10.1 Å². The standard InChI is InChI=1S/C28H28N2O7S/c1-32-19-9-11-25-20(15-19)29-28(38-25)30-26(31)16-37-22-12-17(8-10-21(22)33-2)6-7-18-13-23(34-3)27(36-5)24(14-18)35-4/h6-15H,16H2,1-5H3,(H,29,30,31)/b7-6-. The second-order valence-corrected chi connectivity index (χ2v) is 8.92. The highest BCUT2D eigenvalue weighted by Gasteiger charge is 2.13. The van der Waals surface area contributed by atoms with Gasteiger partial charge in [0.25, 0.3) is 5.91 Å². The zero-order valence-corrected chi connectivity index (χ0v) is 22.5. The van der Waals surface area contributed by atoms with E-state index in [1.165, 1.54) is 11.3 Å². The quantitative estimate of drug-likeness (QED) is 0.250. The second-order valence-electron chi connectivity index (χ2n) is 7.89. The smallest absolute Gasteiger partial charge is 0.264 e. The maximum Gasteiger partial charge on any atom is 0.264 e. The van der Waals surface area contributed by atoms with Gasteiger partial charge < -0.3 is 28.4 Å². The van der Waals surface area contributed by atoms with Crippen molar-refractivity contribution in [2.45, 2.75) is 0 Å². The van der Waals surface area contributed by atoms with Crippen LogP contribution in [0.25, 0.3) is 22.4 Å². The summed E-state index contributed by atoms with van der Waals surface area (Å²) >= 11 is 1.37. The predicted octanol–water partition coefficient (Wildman–Crippen LogP) is 5.53. The van der Waals surface area contributed by atoms with E-state index in [9.17, 15) is 4.79 Å². The Labute approximate surface area is 224 Å². The zero-order valence-electron chi connectivity index (χ0n) is 21.7. The van der Waals surface area contributed by atoms with Crippen LogP contribution in [-0.4, -0.2) is 53.0 Å². The molecule has 0 saturated heterocycles. The molecule has 0 saturated carbocycles. The van der Waals surface area contributed by atoms with E-state index < -0.39 is 0 Å². The summed E-state index contributed by atoms with van der Waals surface area (Å²) < 4.78 is 33.6. The SMILES string of the molecule is COc1ccc2sc(NC(=O)COc3cc(/C=C\c4cc(OC)c(OC)c(OC)c4)ccc3OC)nc2c1. The molecule has 0 unspecified atom stereocenters. The first-order chi connectivity index (χ1) is 18.5. The number of nitrogens with zero attached hydrogens (tertiary/aromatic N) is 1. The molecule has 38 heavy (non-hydrogen) atoms. The average Bonchev–Trinajstić information content (AvgIpc) is 3.35. The highest BCUT2D eigenvalue weighted by molar-refractivity contribution is 7.22. The Balaban J connectivity index is 1.46. The molecule has 0 aliphatic rings. The maximum absolute atomic E-state index is 12.6. The van der Waals surface area contributed by atoms with Crippen molar-refractivity contribution < 1.29 is 33.2 Å². The highest BCUT2D eigenvalue weighted by Crippen LogP contribution is 2.39. The van der Waals surface area contributed by atoms with Crippen LogP contribution in [0.3, 0.4) is 0 Å². The van der Waals surface area contributed by atoms with Crippen molar-refractivity contribution in [3.8, 4) is 34.5 Å². The topological polar surface area (TPSA) is 97.4 Å². The van der Waals surface area contributed by atoms with Gasteiger partial charge in [0.15, 0.2) is 34.7 Å². The van der Waals surface area contributed by atoms with Crippen molar-refractivity contribution in [3.63, 3.8) is 0 Å². The molecule has 0 atom stereocenters. The Hall–Kier alpha value is -4.44. The lowest BCUT2D eigenvalue weighted by atomic mass is 10.1. The number of hydrogen-bond donors (Lipinski definition) is 1. The molecule has 4 aromatic rings. The number of thiazole rings is 1. The van der Waals surface area contributed by atoms with Gasteiger partial charge in [-0.1, -0.05) is 29.6 Å². The van der Waals surface area contributed by atoms with Crippen molar-refractivity contribution in [1.82, 2.24) is 4.98 Å². The number of nitrogens with one attached hydrogen (secondary N) is 1. The van der Waals surface area contributed by atoms with Gasteiger partial charge in [0.1, 0.15) is 5.75 Å². The molecule has 1 amide bonds. The number of carbonyl (C=O) groups is 1. The lowest BCUT2D eigenvalue weighted by Gasteiger charge is -2.13. The molecule has 9 nitrogen and oxygen atoms in total. The number of fused-ring (bicyclic) bond motifs is 1. The van der Waals surface area contributed by atoms with Gasteiger partial charge >= 0.3 is 0 Å². The Morgan fingerprint density at radius 1 is 0.789 bits per heavy atom. The molecule has 1 N–H and O–H groups in total. The first-order valence-electron chi connectivity index (χ1n) is 11.5. The number of ether oxygens (including phenoxy) is 6. The molecule has 1 heterocycles. The summed E-state index contributed by atoms with van der Waals surface area (Å²) in [7, 11) is 7.85. The summed E-state index contributed by atoms with van der Waals surface area (Å²) in [5, 5.41) is 3.26. The third-order valence-electron chi connectivity index (χ3n) is 5.54. The predicted molar refractivity (Wildman–Crippen MR) is 148 cm³/mol. The number of carbonyl (C=O) groups excluding carboxylic acids is 1. The number of benzene rings is 3. The minimum atomic E-state index is -0.337. The van der Waals surface area contributed by atoms with Gasteiger partial charge in [0.05, 0.1) is 45.8 Å². The van der Waals surface area contributed by atoms with E-state index in [4.69, 9.17) is 28.4 Å². The number of aromatic nitrogens is 1. The van der Waals surface area contributed by atoms with Crippen LogP contribution < -0.4 is 33.7 Å². The molecule has 10 heteroatoms. The van der Waals surface area contributed by atoms with E-state index >= 15 is 0 Å². The van der Waals surface area contributed by atoms with E-state index in [2.05, 4.69) is 10.3 Å². The van der Waals surface area contributed by atoms with E-state index in [1.807, 2.05) is 48.6 Å². The highest BCUT2D eigenvalue weighted by atomic mass is 32.1. The van der Waals surface area contributed by atoms with Crippen LogP contribution in [0, 0.1) is 0 Å². The third-order valence-corrected chi connectivity index (χ3v) is 6.49.